The van der Waals surface area contributed by atoms with Gasteiger partial charge in [-0.2, -0.15) is 0 Å². The van der Waals surface area contributed by atoms with E-state index in [9.17, 15) is 9.18 Å². The molecule has 1 saturated heterocycles. The number of rotatable bonds is 1. The van der Waals surface area contributed by atoms with Crippen LogP contribution in [0.15, 0.2) is 16.6 Å². The zero-order valence-corrected chi connectivity index (χ0v) is 12.0. The summed E-state index contributed by atoms with van der Waals surface area (Å²) in [6.45, 7) is 5.74. The first kappa shape index (κ1) is 13.3. The summed E-state index contributed by atoms with van der Waals surface area (Å²) in [5, 5.41) is 0. The number of hydrogen-bond acceptors (Lipinski definition) is 2. The molecular formula is C13H16BrFN2O. The molecule has 2 rings (SSSR count). The zero-order chi connectivity index (χ0) is 13.4. The first-order chi connectivity index (χ1) is 8.40. The van der Waals surface area contributed by atoms with E-state index in [1.807, 2.05) is 0 Å². The van der Waals surface area contributed by atoms with Crippen molar-refractivity contribution in [2.75, 3.05) is 18.8 Å². The van der Waals surface area contributed by atoms with Gasteiger partial charge in [0.2, 0.25) is 0 Å². The number of likely N-dealkylation sites (tertiary alicyclic amines) is 1. The molecule has 2 atom stereocenters. The number of nitrogen functional groups attached to an aromatic ring is 1. The largest absolute Gasteiger partial charge is 0.396 e. The molecule has 1 heterocycles. The molecule has 1 aromatic carbocycles. The third kappa shape index (κ3) is 2.36. The van der Waals surface area contributed by atoms with Crippen LogP contribution in [0.2, 0.25) is 0 Å². The Bertz CT molecular complexity index is 482. The van der Waals surface area contributed by atoms with Gasteiger partial charge in [0.25, 0.3) is 5.91 Å². The Morgan fingerprint density at radius 3 is 2.50 bits per heavy atom. The molecule has 2 unspecified atom stereocenters. The first-order valence-corrected chi connectivity index (χ1v) is 6.73. The average Bonchev–Trinajstić information content (AvgIpc) is 2.63. The Balaban J connectivity index is 2.27. The van der Waals surface area contributed by atoms with Crippen molar-refractivity contribution >= 4 is 27.5 Å². The monoisotopic (exact) mass is 314 g/mol. The molecular weight excluding hydrogens is 299 g/mol. The maximum absolute atomic E-state index is 13.2. The predicted molar refractivity (Wildman–Crippen MR) is 72.7 cm³/mol. The minimum absolute atomic E-state index is 0.00171. The van der Waals surface area contributed by atoms with Crippen LogP contribution in [0, 0.1) is 17.7 Å². The van der Waals surface area contributed by atoms with E-state index in [4.69, 9.17) is 5.73 Å². The lowest BCUT2D eigenvalue weighted by molar-refractivity contribution is 0.0784. The lowest BCUT2D eigenvalue weighted by Gasteiger charge is -2.17. The lowest BCUT2D eigenvalue weighted by atomic mass is 10.0. The summed E-state index contributed by atoms with van der Waals surface area (Å²) >= 11 is 3.22. The molecule has 0 saturated carbocycles. The normalized spacial score (nSPS) is 23.4. The smallest absolute Gasteiger partial charge is 0.255 e. The van der Waals surface area contributed by atoms with E-state index in [2.05, 4.69) is 29.8 Å². The number of amides is 1. The van der Waals surface area contributed by atoms with Crippen LogP contribution in [0.4, 0.5) is 10.1 Å². The number of benzene rings is 1. The Kier molecular flexibility index (Phi) is 3.61. The summed E-state index contributed by atoms with van der Waals surface area (Å²) in [6.07, 6.45) is 0. The van der Waals surface area contributed by atoms with Crippen LogP contribution in [-0.4, -0.2) is 23.9 Å². The minimum Gasteiger partial charge on any atom is -0.396 e. The van der Waals surface area contributed by atoms with E-state index < -0.39 is 5.82 Å². The van der Waals surface area contributed by atoms with Gasteiger partial charge in [0.05, 0.1) is 11.3 Å². The van der Waals surface area contributed by atoms with Gasteiger partial charge in [-0.25, -0.2) is 4.39 Å². The quantitative estimate of drug-likeness (QED) is 0.810. The number of nitrogens with two attached hydrogens (primary N) is 1. The second-order valence-electron chi connectivity index (χ2n) is 5.02. The van der Waals surface area contributed by atoms with Crippen LogP contribution in [0.5, 0.6) is 0 Å². The summed E-state index contributed by atoms with van der Waals surface area (Å²) < 4.78 is 13.7. The van der Waals surface area contributed by atoms with Gasteiger partial charge in [0.1, 0.15) is 5.82 Å². The molecule has 0 aromatic heterocycles. The Hall–Kier alpha value is -1.10. The molecule has 2 N–H and O–H groups in total. The molecule has 0 aliphatic carbocycles. The van der Waals surface area contributed by atoms with Crippen molar-refractivity contribution in [3.05, 3.63) is 28.0 Å². The molecule has 0 spiro atoms. The van der Waals surface area contributed by atoms with Crippen molar-refractivity contribution in [3.63, 3.8) is 0 Å². The zero-order valence-electron chi connectivity index (χ0n) is 10.4. The first-order valence-electron chi connectivity index (χ1n) is 5.94. The van der Waals surface area contributed by atoms with E-state index in [-0.39, 0.29) is 11.6 Å². The molecule has 1 aromatic rings. The van der Waals surface area contributed by atoms with Crippen molar-refractivity contribution in [2.24, 2.45) is 11.8 Å². The second kappa shape index (κ2) is 4.88. The van der Waals surface area contributed by atoms with Crippen molar-refractivity contribution in [3.8, 4) is 0 Å². The Labute approximate surface area is 114 Å². The molecule has 18 heavy (non-hydrogen) atoms. The van der Waals surface area contributed by atoms with Crippen LogP contribution in [0.1, 0.15) is 24.2 Å². The topological polar surface area (TPSA) is 46.3 Å². The van der Waals surface area contributed by atoms with Crippen LogP contribution in [0.25, 0.3) is 0 Å². The maximum Gasteiger partial charge on any atom is 0.255 e. The predicted octanol–water partition coefficient (Wildman–Crippen LogP) is 2.90. The fraction of sp³-hybridized carbons (Fsp3) is 0.462. The number of hydrogen-bond donors (Lipinski definition) is 1. The van der Waals surface area contributed by atoms with Gasteiger partial charge < -0.3 is 10.6 Å². The fourth-order valence-corrected chi connectivity index (χ4v) is 2.68. The third-order valence-electron chi connectivity index (χ3n) is 3.59. The maximum atomic E-state index is 13.2. The van der Waals surface area contributed by atoms with Crippen LogP contribution >= 0.6 is 15.9 Å². The van der Waals surface area contributed by atoms with Gasteiger partial charge in [-0.1, -0.05) is 13.8 Å². The van der Waals surface area contributed by atoms with Gasteiger partial charge in [0, 0.05) is 17.6 Å². The van der Waals surface area contributed by atoms with E-state index >= 15 is 0 Å². The standard InChI is InChI=1S/C13H16BrFN2O/c1-7-5-17(6-8(7)2)13(18)9-3-12(16)11(15)4-10(9)14/h3-4,7-8H,5-6,16H2,1-2H3. The average molecular weight is 315 g/mol. The van der Waals surface area contributed by atoms with Crippen LogP contribution < -0.4 is 5.73 Å². The van der Waals surface area contributed by atoms with E-state index in [0.717, 1.165) is 13.1 Å². The molecule has 5 heteroatoms. The van der Waals surface area contributed by atoms with Crippen LogP contribution in [0.3, 0.4) is 0 Å². The second-order valence-corrected chi connectivity index (χ2v) is 5.87. The summed E-state index contributed by atoms with van der Waals surface area (Å²) in [5.74, 6) is 0.377. The van der Waals surface area contributed by atoms with Crippen LogP contribution in [-0.2, 0) is 0 Å². The third-order valence-corrected chi connectivity index (χ3v) is 4.25. The fourth-order valence-electron chi connectivity index (χ4n) is 2.20. The number of halogens is 2. The number of carbonyl (C=O) groups excluding carboxylic acids is 1. The number of carbonyl (C=O) groups is 1. The van der Waals surface area contributed by atoms with E-state index in [0.29, 0.717) is 21.9 Å². The highest BCUT2D eigenvalue weighted by atomic mass is 79.9. The summed E-state index contributed by atoms with van der Waals surface area (Å²) in [4.78, 5) is 14.1. The summed E-state index contributed by atoms with van der Waals surface area (Å²) in [6, 6.07) is 2.64. The Morgan fingerprint density at radius 1 is 1.39 bits per heavy atom. The van der Waals surface area contributed by atoms with Crippen molar-refractivity contribution in [1.29, 1.82) is 0 Å². The molecule has 1 fully saturated rings. The highest BCUT2D eigenvalue weighted by molar-refractivity contribution is 9.10. The van der Waals surface area contributed by atoms with Gasteiger partial charge in [-0.15, -0.1) is 0 Å². The van der Waals surface area contributed by atoms with Crippen molar-refractivity contribution in [1.82, 2.24) is 4.90 Å². The molecule has 1 aliphatic heterocycles. The van der Waals surface area contributed by atoms with Gasteiger partial charge in [0.15, 0.2) is 0 Å². The SMILES string of the molecule is CC1CN(C(=O)c2cc(N)c(F)cc2Br)CC1C. The van der Waals surface area contributed by atoms with Crippen molar-refractivity contribution in [2.45, 2.75) is 13.8 Å². The van der Waals surface area contributed by atoms with Gasteiger partial charge >= 0.3 is 0 Å². The van der Waals surface area contributed by atoms with Gasteiger partial charge in [-0.05, 0) is 39.9 Å². The van der Waals surface area contributed by atoms with Crippen molar-refractivity contribution < 1.29 is 9.18 Å². The molecule has 1 amide bonds. The number of anilines is 1. The van der Waals surface area contributed by atoms with E-state index in [1.54, 1.807) is 4.90 Å². The lowest BCUT2D eigenvalue weighted by Crippen LogP contribution is -2.29. The summed E-state index contributed by atoms with van der Waals surface area (Å²) in [7, 11) is 0. The minimum atomic E-state index is -0.512. The molecule has 1 aliphatic rings. The summed E-state index contributed by atoms with van der Waals surface area (Å²) in [5.41, 5.74) is 5.94. The molecule has 0 radical (unpaired) electrons. The highest BCUT2D eigenvalue weighted by Gasteiger charge is 2.30. The molecule has 0 bridgehead atoms. The number of nitrogens with zero attached hydrogens (tertiary/aromatic N) is 1. The molecule has 3 nitrogen and oxygen atoms in total. The van der Waals surface area contributed by atoms with E-state index in [1.165, 1.54) is 12.1 Å². The molecule has 98 valence electrons. The Morgan fingerprint density at radius 2 is 1.94 bits per heavy atom. The van der Waals surface area contributed by atoms with Gasteiger partial charge in [-0.3, -0.25) is 4.79 Å². The highest BCUT2D eigenvalue weighted by Crippen LogP contribution is 2.28.